The van der Waals surface area contributed by atoms with Gasteiger partial charge in [-0.25, -0.2) is 4.79 Å². The molecule has 0 bridgehead atoms. The zero-order valence-corrected chi connectivity index (χ0v) is 14.4. The van der Waals surface area contributed by atoms with Crippen LogP contribution >= 0.6 is 27.3 Å². The van der Waals surface area contributed by atoms with Crippen LogP contribution in [0.25, 0.3) is 11.4 Å². The van der Waals surface area contributed by atoms with Gasteiger partial charge in [-0.3, -0.25) is 0 Å². The summed E-state index contributed by atoms with van der Waals surface area (Å²) in [6.45, 7) is 0.132. The first kappa shape index (κ1) is 15.7. The highest BCUT2D eigenvalue weighted by atomic mass is 79.9. The summed E-state index contributed by atoms with van der Waals surface area (Å²) in [7, 11) is 1.33. The minimum absolute atomic E-state index is 0.132. The van der Waals surface area contributed by atoms with E-state index in [1.165, 1.54) is 7.11 Å². The Morgan fingerprint density at radius 1 is 1.39 bits per heavy atom. The molecule has 23 heavy (non-hydrogen) atoms. The van der Waals surface area contributed by atoms with Crippen LogP contribution in [0.5, 0.6) is 5.75 Å². The normalized spacial score (nSPS) is 10.5. The minimum atomic E-state index is -0.408. The number of nitrogens with zero attached hydrogens (tertiary/aromatic N) is 2. The molecule has 3 rings (SSSR count). The molecular weight excluding hydrogens is 384 g/mol. The van der Waals surface area contributed by atoms with E-state index in [4.69, 9.17) is 9.26 Å². The summed E-state index contributed by atoms with van der Waals surface area (Å²) < 4.78 is 16.1. The van der Waals surface area contributed by atoms with Crippen molar-refractivity contribution in [3.63, 3.8) is 0 Å². The minimum Gasteiger partial charge on any atom is -0.483 e. The molecule has 0 aliphatic rings. The first-order chi connectivity index (χ1) is 11.2. The Balaban J connectivity index is 1.68. The molecule has 0 unspecified atom stereocenters. The zero-order chi connectivity index (χ0) is 16.2. The van der Waals surface area contributed by atoms with E-state index in [9.17, 15) is 4.79 Å². The predicted octanol–water partition coefficient (Wildman–Crippen LogP) is 3.93. The van der Waals surface area contributed by atoms with Gasteiger partial charge in [0, 0.05) is 10.9 Å². The third kappa shape index (κ3) is 3.59. The second kappa shape index (κ2) is 6.93. The van der Waals surface area contributed by atoms with Crippen molar-refractivity contribution in [3.8, 4) is 17.1 Å². The Morgan fingerprint density at radius 2 is 2.26 bits per heavy atom. The number of benzene rings is 1. The summed E-state index contributed by atoms with van der Waals surface area (Å²) in [6, 6.07) is 6.84. The average molecular weight is 395 g/mol. The van der Waals surface area contributed by atoms with Gasteiger partial charge in [0.1, 0.15) is 5.75 Å². The van der Waals surface area contributed by atoms with Crippen LogP contribution in [-0.4, -0.2) is 23.2 Å². The molecular formula is C15H11BrN2O4S. The number of hydrogen-bond acceptors (Lipinski definition) is 7. The first-order valence-corrected chi connectivity index (χ1v) is 8.27. The monoisotopic (exact) mass is 394 g/mol. The second-order valence-corrected chi connectivity index (χ2v) is 6.08. The lowest BCUT2D eigenvalue weighted by molar-refractivity contribution is 0.0600. The van der Waals surface area contributed by atoms with Crippen molar-refractivity contribution in [2.45, 2.75) is 6.61 Å². The Hall–Kier alpha value is -2.19. The van der Waals surface area contributed by atoms with E-state index in [1.807, 2.05) is 16.8 Å². The maximum absolute atomic E-state index is 11.5. The van der Waals surface area contributed by atoms with E-state index in [0.717, 1.165) is 5.56 Å². The fourth-order valence-electron chi connectivity index (χ4n) is 1.82. The van der Waals surface area contributed by atoms with Crippen molar-refractivity contribution >= 4 is 33.2 Å². The standard InChI is InChI=1S/C15H11BrN2O4S/c1-20-15(19)9-2-3-12(11(16)6-9)21-7-13-17-14(18-22-13)10-4-5-23-8-10/h2-6,8H,7H2,1H3. The van der Waals surface area contributed by atoms with Crippen LogP contribution in [0.15, 0.2) is 44.0 Å². The van der Waals surface area contributed by atoms with Crippen LogP contribution in [0.2, 0.25) is 0 Å². The summed E-state index contributed by atoms with van der Waals surface area (Å²) >= 11 is 4.92. The van der Waals surface area contributed by atoms with Crippen molar-refractivity contribution in [3.05, 3.63) is 51.0 Å². The molecule has 0 saturated carbocycles. The molecule has 2 heterocycles. The van der Waals surface area contributed by atoms with Crippen molar-refractivity contribution in [1.29, 1.82) is 0 Å². The van der Waals surface area contributed by atoms with Crippen LogP contribution in [-0.2, 0) is 11.3 Å². The molecule has 0 atom stereocenters. The number of ether oxygens (including phenoxy) is 2. The smallest absolute Gasteiger partial charge is 0.337 e. The SMILES string of the molecule is COC(=O)c1ccc(OCc2nc(-c3ccsc3)no2)c(Br)c1. The van der Waals surface area contributed by atoms with Gasteiger partial charge in [0.2, 0.25) is 5.82 Å². The van der Waals surface area contributed by atoms with Crippen molar-refractivity contribution in [1.82, 2.24) is 10.1 Å². The molecule has 6 nitrogen and oxygen atoms in total. The largest absolute Gasteiger partial charge is 0.483 e. The number of carbonyl (C=O) groups is 1. The van der Waals surface area contributed by atoms with E-state index in [2.05, 4.69) is 30.8 Å². The molecule has 1 aromatic carbocycles. The summed E-state index contributed by atoms with van der Waals surface area (Å²) in [4.78, 5) is 15.7. The van der Waals surface area contributed by atoms with E-state index in [1.54, 1.807) is 29.5 Å². The Morgan fingerprint density at radius 3 is 2.96 bits per heavy atom. The van der Waals surface area contributed by atoms with Crippen LogP contribution < -0.4 is 4.74 Å². The van der Waals surface area contributed by atoms with Gasteiger partial charge in [-0.15, -0.1) is 0 Å². The lowest BCUT2D eigenvalue weighted by Crippen LogP contribution is -2.02. The molecule has 0 aliphatic carbocycles. The van der Waals surface area contributed by atoms with E-state index < -0.39 is 5.97 Å². The van der Waals surface area contributed by atoms with E-state index in [-0.39, 0.29) is 6.61 Å². The van der Waals surface area contributed by atoms with Crippen molar-refractivity contribution < 1.29 is 18.8 Å². The summed E-state index contributed by atoms with van der Waals surface area (Å²) in [6.07, 6.45) is 0. The van der Waals surface area contributed by atoms with Crippen molar-refractivity contribution in [2.75, 3.05) is 7.11 Å². The highest BCUT2D eigenvalue weighted by Gasteiger charge is 2.12. The first-order valence-electron chi connectivity index (χ1n) is 6.53. The molecule has 0 fully saturated rings. The molecule has 0 aliphatic heterocycles. The van der Waals surface area contributed by atoms with Gasteiger partial charge in [0.25, 0.3) is 5.89 Å². The number of carbonyl (C=O) groups excluding carboxylic acids is 1. The lowest BCUT2D eigenvalue weighted by atomic mass is 10.2. The molecule has 8 heteroatoms. The summed E-state index contributed by atoms with van der Waals surface area (Å²) in [5.41, 5.74) is 1.35. The van der Waals surface area contributed by atoms with E-state index in [0.29, 0.717) is 27.5 Å². The van der Waals surface area contributed by atoms with Gasteiger partial charge in [0.05, 0.1) is 17.1 Å². The number of methoxy groups -OCH3 is 1. The van der Waals surface area contributed by atoms with Crippen LogP contribution in [0.3, 0.4) is 0 Å². The Kier molecular flexibility index (Phi) is 4.73. The number of aromatic nitrogens is 2. The fraction of sp³-hybridized carbons (Fsp3) is 0.133. The maximum atomic E-state index is 11.5. The van der Waals surface area contributed by atoms with Gasteiger partial charge >= 0.3 is 5.97 Å². The number of hydrogen-bond donors (Lipinski definition) is 0. The molecule has 0 N–H and O–H groups in total. The molecule has 2 aromatic heterocycles. The molecule has 118 valence electrons. The van der Waals surface area contributed by atoms with Crippen molar-refractivity contribution in [2.24, 2.45) is 0 Å². The van der Waals surface area contributed by atoms with Crippen LogP contribution in [0, 0.1) is 0 Å². The Bertz CT molecular complexity index is 817. The average Bonchev–Trinajstić information content (AvgIpc) is 3.24. The topological polar surface area (TPSA) is 74.5 Å². The van der Waals surface area contributed by atoms with Gasteiger partial charge in [-0.2, -0.15) is 16.3 Å². The molecule has 3 aromatic rings. The fourth-order valence-corrected chi connectivity index (χ4v) is 2.95. The summed E-state index contributed by atoms with van der Waals surface area (Å²) in [5.74, 6) is 1.06. The lowest BCUT2D eigenvalue weighted by Gasteiger charge is -2.07. The van der Waals surface area contributed by atoms with Gasteiger partial charge in [0.15, 0.2) is 6.61 Å². The van der Waals surface area contributed by atoms with Crippen LogP contribution in [0.1, 0.15) is 16.2 Å². The number of rotatable bonds is 5. The summed E-state index contributed by atoms with van der Waals surface area (Å²) in [5, 5.41) is 7.80. The van der Waals surface area contributed by atoms with Crippen LogP contribution in [0.4, 0.5) is 0 Å². The van der Waals surface area contributed by atoms with Gasteiger partial charge in [-0.05, 0) is 45.6 Å². The molecule has 0 spiro atoms. The maximum Gasteiger partial charge on any atom is 0.337 e. The third-order valence-electron chi connectivity index (χ3n) is 2.95. The Labute approximate surface area is 144 Å². The highest BCUT2D eigenvalue weighted by molar-refractivity contribution is 9.10. The highest BCUT2D eigenvalue weighted by Crippen LogP contribution is 2.27. The second-order valence-electron chi connectivity index (χ2n) is 4.45. The predicted molar refractivity (Wildman–Crippen MR) is 87.4 cm³/mol. The molecule has 0 amide bonds. The van der Waals surface area contributed by atoms with E-state index >= 15 is 0 Å². The van der Waals surface area contributed by atoms with Gasteiger partial charge in [-0.1, -0.05) is 5.16 Å². The molecule has 0 radical (unpaired) electrons. The zero-order valence-electron chi connectivity index (χ0n) is 12.0. The number of esters is 1. The number of halogens is 1. The quantitative estimate of drug-likeness (QED) is 0.610. The third-order valence-corrected chi connectivity index (χ3v) is 4.25. The number of thiophene rings is 1. The van der Waals surface area contributed by atoms with Gasteiger partial charge < -0.3 is 14.0 Å². The molecule has 0 saturated heterocycles.